The average molecular weight is 304 g/mol. The lowest BCUT2D eigenvalue weighted by atomic mass is 9.89. The maximum absolute atomic E-state index is 11.8. The fourth-order valence-electron chi connectivity index (χ4n) is 1.75. The Hall–Kier alpha value is -0.390. The van der Waals surface area contributed by atoms with Crippen molar-refractivity contribution >= 4 is 33.2 Å². The van der Waals surface area contributed by atoms with Crippen molar-refractivity contribution in [2.45, 2.75) is 31.9 Å². The molecule has 1 saturated carbocycles. The van der Waals surface area contributed by atoms with E-state index in [2.05, 4.69) is 21.2 Å². The van der Waals surface area contributed by atoms with Gasteiger partial charge in [-0.25, -0.2) is 0 Å². The highest BCUT2D eigenvalue weighted by Crippen LogP contribution is 2.25. The molecule has 1 aromatic rings. The summed E-state index contributed by atoms with van der Waals surface area (Å²) in [6.07, 6.45) is 2.21. The lowest BCUT2D eigenvalue weighted by molar-refractivity contribution is -0.00858. The summed E-state index contributed by atoms with van der Waals surface area (Å²) in [7, 11) is 0. The molecule has 0 saturated heterocycles. The lowest BCUT2D eigenvalue weighted by Gasteiger charge is -2.35. The van der Waals surface area contributed by atoms with E-state index in [1.807, 2.05) is 19.1 Å². The quantitative estimate of drug-likeness (QED) is 0.929. The zero-order valence-corrected chi connectivity index (χ0v) is 11.4. The van der Waals surface area contributed by atoms with Crippen molar-refractivity contribution in [2.75, 3.05) is 6.61 Å². The van der Waals surface area contributed by atoms with Crippen LogP contribution in [0.2, 0.25) is 0 Å². The van der Waals surface area contributed by atoms with Crippen molar-refractivity contribution in [3.8, 4) is 0 Å². The van der Waals surface area contributed by atoms with Gasteiger partial charge in [-0.3, -0.25) is 4.79 Å². The molecule has 0 bridgehead atoms. The molecule has 0 atom stereocenters. The zero-order valence-electron chi connectivity index (χ0n) is 9.03. The van der Waals surface area contributed by atoms with Gasteiger partial charge in [0.25, 0.3) is 5.91 Å². The normalized spacial score (nSPS) is 23.9. The first-order valence-electron chi connectivity index (χ1n) is 5.37. The topological polar surface area (TPSA) is 38.3 Å². The van der Waals surface area contributed by atoms with Crippen molar-refractivity contribution in [1.29, 1.82) is 0 Å². The fraction of sp³-hybridized carbons (Fsp3) is 0.545. The van der Waals surface area contributed by atoms with Gasteiger partial charge < -0.3 is 10.1 Å². The van der Waals surface area contributed by atoms with E-state index in [1.54, 1.807) is 0 Å². The van der Waals surface area contributed by atoms with Crippen LogP contribution in [-0.2, 0) is 4.74 Å². The number of thiophene rings is 1. The summed E-state index contributed by atoms with van der Waals surface area (Å²) in [4.78, 5) is 12.5. The zero-order chi connectivity index (χ0) is 11.5. The van der Waals surface area contributed by atoms with E-state index in [4.69, 9.17) is 4.74 Å². The maximum Gasteiger partial charge on any atom is 0.261 e. The molecular weight excluding hydrogens is 290 g/mol. The monoisotopic (exact) mass is 303 g/mol. The molecule has 0 aromatic carbocycles. The van der Waals surface area contributed by atoms with Crippen molar-refractivity contribution in [2.24, 2.45) is 0 Å². The van der Waals surface area contributed by atoms with Crippen molar-refractivity contribution in [3.63, 3.8) is 0 Å². The Morgan fingerprint density at radius 3 is 2.94 bits per heavy atom. The first-order chi connectivity index (χ1) is 7.69. The molecule has 1 amide bonds. The molecule has 0 aliphatic heterocycles. The van der Waals surface area contributed by atoms with Crippen LogP contribution < -0.4 is 5.32 Å². The van der Waals surface area contributed by atoms with Crippen LogP contribution in [0.25, 0.3) is 0 Å². The maximum atomic E-state index is 11.8. The third-order valence-electron chi connectivity index (χ3n) is 2.63. The van der Waals surface area contributed by atoms with E-state index in [0.29, 0.717) is 6.10 Å². The Kier molecular flexibility index (Phi) is 4.00. The summed E-state index contributed by atoms with van der Waals surface area (Å²) in [6.45, 7) is 2.75. The van der Waals surface area contributed by atoms with Crippen LogP contribution in [-0.4, -0.2) is 24.7 Å². The molecule has 16 heavy (non-hydrogen) atoms. The number of carbonyl (C=O) groups is 1. The first-order valence-corrected chi connectivity index (χ1v) is 6.97. The van der Waals surface area contributed by atoms with E-state index < -0.39 is 0 Å². The molecule has 0 spiro atoms. The van der Waals surface area contributed by atoms with Gasteiger partial charge in [0, 0.05) is 12.6 Å². The second-order valence-corrected chi connectivity index (χ2v) is 6.29. The van der Waals surface area contributed by atoms with Crippen LogP contribution in [0.4, 0.5) is 0 Å². The van der Waals surface area contributed by atoms with E-state index in [9.17, 15) is 4.79 Å². The van der Waals surface area contributed by atoms with Crippen molar-refractivity contribution in [1.82, 2.24) is 5.32 Å². The van der Waals surface area contributed by atoms with Gasteiger partial charge in [0.05, 0.1) is 14.8 Å². The number of halogens is 1. The second-order valence-electron chi connectivity index (χ2n) is 3.82. The standard InChI is InChI=1S/C11H14BrNO2S/c1-2-15-8-5-7(6-8)13-11(14)9-3-4-10(12)16-9/h3-4,7-8H,2,5-6H2,1H3,(H,13,14). The van der Waals surface area contributed by atoms with Gasteiger partial charge in [0.1, 0.15) is 0 Å². The van der Waals surface area contributed by atoms with Gasteiger partial charge >= 0.3 is 0 Å². The summed E-state index contributed by atoms with van der Waals surface area (Å²) in [6, 6.07) is 4.01. The molecule has 1 aliphatic carbocycles. The van der Waals surface area contributed by atoms with Gasteiger partial charge in [-0.2, -0.15) is 0 Å². The van der Waals surface area contributed by atoms with E-state index in [0.717, 1.165) is 28.1 Å². The van der Waals surface area contributed by atoms with E-state index in [-0.39, 0.29) is 11.9 Å². The molecule has 1 aromatic heterocycles. The summed E-state index contributed by atoms with van der Waals surface area (Å²) in [5.74, 6) is 0.0237. The molecule has 88 valence electrons. The molecule has 1 N–H and O–H groups in total. The average Bonchev–Trinajstić information content (AvgIpc) is 2.61. The molecule has 1 fully saturated rings. The minimum atomic E-state index is 0.0237. The molecular formula is C11H14BrNO2S. The summed E-state index contributed by atoms with van der Waals surface area (Å²) in [5, 5.41) is 3.01. The predicted molar refractivity (Wildman–Crippen MR) is 67.9 cm³/mol. The third-order valence-corrected chi connectivity index (χ3v) is 4.25. The van der Waals surface area contributed by atoms with Crippen LogP contribution in [0, 0.1) is 0 Å². The van der Waals surface area contributed by atoms with Gasteiger partial charge in [0.2, 0.25) is 0 Å². The highest BCUT2D eigenvalue weighted by molar-refractivity contribution is 9.11. The largest absolute Gasteiger partial charge is 0.378 e. The molecule has 1 aliphatic rings. The van der Waals surface area contributed by atoms with Crippen LogP contribution >= 0.6 is 27.3 Å². The molecule has 2 rings (SSSR count). The van der Waals surface area contributed by atoms with Crippen LogP contribution in [0.15, 0.2) is 15.9 Å². The second kappa shape index (κ2) is 5.29. The van der Waals surface area contributed by atoms with Crippen LogP contribution in [0.3, 0.4) is 0 Å². The minimum absolute atomic E-state index is 0.0237. The Balaban J connectivity index is 1.77. The highest BCUT2D eigenvalue weighted by Gasteiger charge is 2.30. The van der Waals surface area contributed by atoms with Gasteiger partial charge in [-0.1, -0.05) is 0 Å². The van der Waals surface area contributed by atoms with Crippen molar-refractivity contribution < 1.29 is 9.53 Å². The van der Waals surface area contributed by atoms with Gasteiger partial charge in [0.15, 0.2) is 0 Å². The Bertz CT molecular complexity index is 374. The lowest BCUT2D eigenvalue weighted by Crippen LogP contribution is -2.47. The van der Waals surface area contributed by atoms with Gasteiger partial charge in [-0.05, 0) is 47.8 Å². The SMILES string of the molecule is CCOC1CC(NC(=O)c2ccc(Br)s2)C1. The van der Waals surface area contributed by atoms with E-state index >= 15 is 0 Å². The number of ether oxygens (including phenoxy) is 1. The number of rotatable bonds is 4. The molecule has 5 heteroatoms. The summed E-state index contributed by atoms with van der Waals surface area (Å²) in [5.41, 5.74) is 0. The first kappa shape index (κ1) is 12.1. The summed E-state index contributed by atoms with van der Waals surface area (Å²) >= 11 is 4.80. The number of nitrogens with one attached hydrogen (secondary N) is 1. The summed E-state index contributed by atoms with van der Waals surface area (Å²) < 4.78 is 6.43. The molecule has 1 heterocycles. The van der Waals surface area contributed by atoms with Crippen LogP contribution in [0.5, 0.6) is 0 Å². The van der Waals surface area contributed by atoms with E-state index in [1.165, 1.54) is 11.3 Å². The fourth-order valence-corrected chi connectivity index (χ4v) is 3.04. The number of hydrogen-bond acceptors (Lipinski definition) is 3. The number of carbonyl (C=O) groups excluding carboxylic acids is 1. The Morgan fingerprint density at radius 2 is 2.38 bits per heavy atom. The van der Waals surface area contributed by atoms with Crippen LogP contribution in [0.1, 0.15) is 29.4 Å². The third kappa shape index (κ3) is 2.84. The Morgan fingerprint density at radius 1 is 1.62 bits per heavy atom. The molecule has 3 nitrogen and oxygen atoms in total. The molecule has 0 unspecified atom stereocenters. The predicted octanol–water partition coefficient (Wildman–Crippen LogP) is 2.81. The smallest absolute Gasteiger partial charge is 0.261 e. The molecule has 0 radical (unpaired) electrons. The minimum Gasteiger partial charge on any atom is -0.378 e. The number of hydrogen-bond donors (Lipinski definition) is 1. The highest BCUT2D eigenvalue weighted by atomic mass is 79.9. The number of amides is 1. The van der Waals surface area contributed by atoms with Gasteiger partial charge in [-0.15, -0.1) is 11.3 Å². The van der Waals surface area contributed by atoms with Crippen molar-refractivity contribution in [3.05, 3.63) is 20.8 Å². The Labute approximate surface area is 107 Å².